The molecule has 0 fully saturated rings. The lowest BCUT2D eigenvalue weighted by molar-refractivity contribution is 0.265. The van der Waals surface area contributed by atoms with Crippen LogP contribution in [0.4, 0.5) is 10.3 Å². The number of halogens is 1. The number of fused-ring (bicyclic) bond motifs is 1. The predicted octanol–water partition coefficient (Wildman–Crippen LogP) is 3.38. The third-order valence-electron chi connectivity index (χ3n) is 3.22. The largest absolute Gasteiger partial charge is 0.477 e. The molecule has 0 aliphatic carbocycles. The number of hydrogen-bond donors (Lipinski definition) is 2. The van der Waals surface area contributed by atoms with Gasteiger partial charge in [-0.25, -0.2) is 4.39 Å². The first-order valence-electron chi connectivity index (χ1n) is 7.08. The topological polar surface area (TPSA) is 76.8 Å². The summed E-state index contributed by atoms with van der Waals surface area (Å²) in [6, 6.07) is 6.25. The Morgan fingerprint density at radius 2 is 1.95 bits per heavy atom. The molecule has 0 aliphatic heterocycles. The first kappa shape index (κ1) is 14.3. The molecule has 22 heavy (non-hydrogen) atoms. The molecule has 5 nitrogen and oxygen atoms in total. The second-order valence-corrected chi connectivity index (χ2v) is 5.52. The van der Waals surface area contributed by atoms with E-state index in [4.69, 9.17) is 10.5 Å². The van der Waals surface area contributed by atoms with Gasteiger partial charge in [0.1, 0.15) is 11.5 Å². The maximum absolute atomic E-state index is 13.1. The summed E-state index contributed by atoms with van der Waals surface area (Å²) in [5, 5.41) is 0.751. The molecule has 2 aromatic heterocycles. The Bertz CT molecular complexity index is 796. The number of anilines is 1. The third-order valence-corrected chi connectivity index (χ3v) is 3.22. The van der Waals surface area contributed by atoms with Crippen LogP contribution in [0.2, 0.25) is 0 Å². The molecular weight excluding hydrogens is 283 g/mol. The van der Waals surface area contributed by atoms with E-state index in [-0.39, 0.29) is 11.8 Å². The van der Waals surface area contributed by atoms with E-state index in [1.807, 2.05) is 0 Å². The molecule has 1 aromatic carbocycles. The van der Waals surface area contributed by atoms with Crippen LogP contribution in [-0.4, -0.2) is 21.6 Å². The summed E-state index contributed by atoms with van der Waals surface area (Å²) < 4.78 is 18.9. The zero-order valence-corrected chi connectivity index (χ0v) is 12.4. The minimum Gasteiger partial charge on any atom is -0.477 e. The zero-order chi connectivity index (χ0) is 15.7. The molecule has 6 heteroatoms. The second kappa shape index (κ2) is 5.63. The summed E-state index contributed by atoms with van der Waals surface area (Å²) in [6.45, 7) is 4.64. The Morgan fingerprint density at radius 3 is 2.64 bits per heavy atom. The van der Waals surface area contributed by atoms with E-state index in [2.05, 4.69) is 28.8 Å². The smallest absolute Gasteiger partial charge is 0.228 e. The monoisotopic (exact) mass is 300 g/mol. The highest BCUT2D eigenvalue weighted by Gasteiger charge is 2.16. The van der Waals surface area contributed by atoms with Gasteiger partial charge in [-0.15, -0.1) is 0 Å². The number of rotatable bonds is 4. The molecule has 0 amide bonds. The van der Waals surface area contributed by atoms with Gasteiger partial charge in [0, 0.05) is 11.8 Å². The molecule has 0 atom stereocenters. The molecule has 0 saturated carbocycles. The molecule has 3 N–H and O–H groups in total. The van der Waals surface area contributed by atoms with E-state index in [1.54, 1.807) is 18.3 Å². The van der Waals surface area contributed by atoms with Crippen LogP contribution in [0.15, 0.2) is 30.5 Å². The van der Waals surface area contributed by atoms with Crippen molar-refractivity contribution in [1.82, 2.24) is 15.0 Å². The highest BCUT2D eigenvalue weighted by molar-refractivity contribution is 5.97. The van der Waals surface area contributed by atoms with Crippen molar-refractivity contribution in [2.45, 2.75) is 13.8 Å². The molecule has 0 unspecified atom stereocenters. The number of H-pyrrole nitrogens is 1. The fourth-order valence-corrected chi connectivity index (χ4v) is 2.22. The van der Waals surface area contributed by atoms with Gasteiger partial charge in [0.05, 0.1) is 12.0 Å². The van der Waals surface area contributed by atoms with Crippen molar-refractivity contribution < 1.29 is 9.13 Å². The first-order valence-corrected chi connectivity index (χ1v) is 7.08. The van der Waals surface area contributed by atoms with Crippen LogP contribution in [0.3, 0.4) is 0 Å². The normalized spacial score (nSPS) is 11.3. The van der Waals surface area contributed by atoms with E-state index >= 15 is 0 Å². The molecule has 0 bridgehead atoms. The summed E-state index contributed by atoms with van der Waals surface area (Å²) in [7, 11) is 0. The van der Waals surface area contributed by atoms with Gasteiger partial charge in [-0.2, -0.15) is 9.97 Å². The van der Waals surface area contributed by atoms with Crippen LogP contribution in [0.1, 0.15) is 13.8 Å². The number of nitrogen functional groups attached to an aromatic ring is 1. The van der Waals surface area contributed by atoms with Crippen molar-refractivity contribution in [3.63, 3.8) is 0 Å². The minimum absolute atomic E-state index is 0.152. The predicted molar refractivity (Wildman–Crippen MR) is 84.0 cm³/mol. The maximum Gasteiger partial charge on any atom is 0.228 e. The van der Waals surface area contributed by atoms with Crippen molar-refractivity contribution in [2.24, 2.45) is 5.92 Å². The number of nitrogens with one attached hydrogen (secondary N) is 1. The van der Waals surface area contributed by atoms with E-state index < -0.39 is 0 Å². The molecule has 2 heterocycles. The summed E-state index contributed by atoms with van der Waals surface area (Å²) in [6.07, 6.45) is 1.80. The fourth-order valence-electron chi connectivity index (χ4n) is 2.22. The number of nitrogens with two attached hydrogens (primary N) is 1. The molecule has 3 rings (SSSR count). The van der Waals surface area contributed by atoms with Crippen molar-refractivity contribution in [3.05, 3.63) is 36.3 Å². The highest BCUT2D eigenvalue weighted by Crippen LogP contribution is 2.34. The average molecular weight is 300 g/mol. The van der Waals surface area contributed by atoms with Crippen molar-refractivity contribution in [2.75, 3.05) is 12.3 Å². The second-order valence-electron chi connectivity index (χ2n) is 5.52. The van der Waals surface area contributed by atoms with Crippen molar-refractivity contribution in [1.29, 1.82) is 0 Å². The summed E-state index contributed by atoms with van der Waals surface area (Å²) >= 11 is 0. The molecule has 0 saturated heterocycles. The molecular formula is C16H17FN4O. The van der Waals surface area contributed by atoms with E-state index in [9.17, 15) is 4.39 Å². The molecule has 3 aromatic rings. The zero-order valence-electron chi connectivity index (χ0n) is 12.4. The minimum atomic E-state index is -0.277. The fraction of sp³-hybridized carbons (Fsp3) is 0.250. The van der Waals surface area contributed by atoms with Gasteiger partial charge >= 0.3 is 0 Å². The lowest BCUT2D eigenvalue weighted by atomic mass is 10.1. The lowest BCUT2D eigenvalue weighted by Gasteiger charge is -2.10. The van der Waals surface area contributed by atoms with Gasteiger partial charge in [-0.1, -0.05) is 26.0 Å². The van der Waals surface area contributed by atoms with Crippen LogP contribution in [-0.2, 0) is 0 Å². The molecule has 0 spiro atoms. The molecule has 114 valence electrons. The van der Waals surface area contributed by atoms with Crippen LogP contribution in [0, 0.1) is 11.7 Å². The SMILES string of the molecule is CC(C)COc1nc(N)nc2[nH]cc(-c3ccc(F)cc3)c12. The van der Waals surface area contributed by atoms with E-state index in [0.717, 1.165) is 16.5 Å². The number of benzene rings is 1. The summed E-state index contributed by atoms with van der Waals surface area (Å²) in [5.41, 5.74) is 8.04. The lowest BCUT2D eigenvalue weighted by Crippen LogP contribution is -2.07. The number of aromatic nitrogens is 3. The Kier molecular flexibility index (Phi) is 3.66. The van der Waals surface area contributed by atoms with Gasteiger partial charge < -0.3 is 15.5 Å². The highest BCUT2D eigenvalue weighted by atomic mass is 19.1. The van der Waals surface area contributed by atoms with Crippen molar-refractivity contribution in [3.8, 4) is 17.0 Å². The third kappa shape index (κ3) is 2.72. The van der Waals surface area contributed by atoms with Crippen LogP contribution in [0.5, 0.6) is 5.88 Å². The Labute approximate surface area is 127 Å². The van der Waals surface area contributed by atoms with Crippen molar-refractivity contribution >= 4 is 17.0 Å². The van der Waals surface area contributed by atoms with Gasteiger partial charge in [0.2, 0.25) is 11.8 Å². The Balaban J connectivity index is 2.13. The van der Waals surface area contributed by atoms with E-state index in [1.165, 1.54) is 12.1 Å². The van der Waals surface area contributed by atoms with Gasteiger partial charge in [-0.3, -0.25) is 0 Å². The average Bonchev–Trinajstić information content (AvgIpc) is 2.89. The van der Waals surface area contributed by atoms with Crippen LogP contribution >= 0.6 is 0 Å². The Hall–Kier alpha value is -2.63. The quantitative estimate of drug-likeness (QED) is 0.774. The Morgan fingerprint density at radius 1 is 1.23 bits per heavy atom. The summed E-state index contributed by atoms with van der Waals surface area (Å²) in [5.74, 6) is 0.676. The number of nitrogens with zero attached hydrogens (tertiary/aromatic N) is 2. The van der Waals surface area contributed by atoms with Gasteiger partial charge in [0.15, 0.2) is 0 Å². The standard InChI is InChI=1S/C16H17FN4O/c1-9(2)8-22-15-13-12(10-3-5-11(17)6-4-10)7-19-14(13)20-16(18)21-15/h3-7,9H,8H2,1-2H3,(H3,18,19,20,21). The number of hydrogen-bond acceptors (Lipinski definition) is 4. The molecule has 0 aliphatic rings. The number of aromatic amines is 1. The summed E-state index contributed by atoms with van der Waals surface area (Å²) in [4.78, 5) is 11.4. The van der Waals surface area contributed by atoms with Crippen LogP contribution < -0.4 is 10.5 Å². The van der Waals surface area contributed by atoms with Gasteiger partial charge in [-0.05, 0) is 23.6 Å². The number of ether oxygens (including phenoxy) is 1. The van der Waals surface area contributed by atoms with Crippen LogP contribution in [0.25, 0.3) is 22.2 Å². The maximum atomic E-state index is 13.1. The van der Waals surface area contributed by atoms with Gasteiger partial charge in [0.25, 0.3) is 0 Å². The molecule has 0 radical (unpaired) electrons. The van der Waals surface area contributed by atoms with E-state index in [0.29, 0.717) is 24.1 Å². The first-order chi connectivity index (χ1) is 10.5.